The predicted octanol–water partition coefficient (Wildman–Crippen LogP) is 4.98. The molecule has 0 aliphatic heterocycles. The highest BCUT2D eigenvalue weighted by molar-refractivity contribution is 5.97. The van der Waals surface area contributed by atoms with Crippen LogP contribution in [-0.4, -0.2) is 39.6 Å². The molecule has 0 atom stereocenters. The Labute approximate surface area is 195 Å². The summed E-state index contributed by atoms with van der Waals surface area (Å²) in [7, 11) is 0. The average molecular weight is 445 g/mol. The fourth-order valence-corrected chi connectivity index (χ4v) is 3.26. The van der Waals surface area contributed by atoms with Gasteiger partial charge in [-0.25, -0.2) is 4.68 Å². The highest BCUT2D eigenvalue weighted by Crippen LogP contribution is 2.26. The summed E-state index contributed by atoms with van der Waals surface area (Å²) in [6.07, 6.45) is 3.26. The van der Waals surface area contributed by atoms with E-state index in [2.05, 4.69) is 26.1 Å². The van der Waals surface area contributed by atoms with E-state index in [9.17, 15) is 9.59 Å². The molecule has 0 bridgehead atoms. The van der Waals surface area contributed by atoms with Crippen LogP contribution in [0.5, 0.6) is 0 Å². The molecule has 0 unspecified atom stereocenters. The standard InChI is InChI=1S/C27H32N4O2/c1-6-30(26(33)17-14-21-10-8-7-9-11-21)19-25(32)28-24-18-23(27(3,4)5)29-31(24)22-15-12-20(2)13-16-22/h7-18H,6,19H2,1-5H3,(H,28,32)/b17-14+. The molecule has 0 saturated carbocycles. The molecule has 172 valence electrons. The zero-order chi connectivity index (χ0) is 24.0. The van der Waals surface area contributed by atoms with Gasteiger partial charge in [0.15, 0.2) is 0 Å². The van der Waals surface area contributed by atoms with Crippen LogP contribution in [0.1, 0.15) is 44.5 Å². The molecule has 6 nitrogen and oxygen atoms in total. The average Bonchev–Trinajstić information content (AvgIpc) is 3.21. The summed E-state index contributed by atoms with van der Waals surface area (Å²) in [5, 5.41) is 7.70. The largest absolute Gasteiger partial charge is 0.330 e. The van der Waals surface area contributed by atoms with Crippen LogP contribution in [0.15, 0.2) is 66.7 Å². The summed E-state index contributed by atoms with van der Waals surface area (Å²) in [5.41, 5.74) is 3.63. The highest BCUT2D eigenvalue weighted by atomic mass is 16.2. The van der Waals surface area contributed by atoms with E-state index >= 15 is 0 Å². The van der Waals surface area contributed by atoms with Gasteiger partial charge in [0, 0.05) is 24.1 Å². The van der Waals surface area contributed by atoms with Crippen LogP contribution in [0.2, 0.25) is 0 Å². The van der Waals surface area contributed by atoms with Crippen LogP contribution in [0.25, 0.3) is 11.8 Å². The van der Waals surface area contributed by atoms with Gasteiger partial charge in [-0.15, -0.1) is 0 Å². The number of amides is 2. The lowest BCUT2D eigenvalue weighted by Crippen LogP contribution is -2.37. The number of carbonyl (C=O) groups is 2. The molecule has 2 aromatic carbocycles. The summed E-state index contributed by atoms with van der Waals surface area (Å²) >= 11 is 0. The topological polar surface area (TPSA) is 67.2 Å². The van der Waals surface area contributed by atoms with Crippen molar-refractivity contribution in [3.63, 3.8) is 0 Å². The molecule has 33 heavy (non-hydrogen) atoms. The lowest BCUT2D eigenvalue weighted by Gasteiger charge is -2.19. The highest BCUT2D eigenvalue weighted by Gasteiger charge is 2.22. The smallest absolute Gasteiger partial charge is 0.247 e. The van der Waals surface area contributed by atoms with E-state index in [1.165, 1.54) is 11.0 Å². The van der Waals surface area contributed by atoms with Gasteiger partial charge >= 0.3 is 0 Å². The number of rotatable bonds is 7. The van der Waals surface area contributed by atoms with Gasteiger partial charge < -0.3 is 10.2 Å². The molecule has 2 amide bonds. The Morgan fingerprint density at radius 2 is 1.73 bits per heavy atom. The minimum absolute atomic E-state index is 0.0433. The zero-order valence-corrected chi connectivity index (χ0v) is 20.0. The van der Waals surface area contributed by atoms with Crippen molar-refractivity contribution in [3.05, 3.63) is 83.6 Å². The molecule has 6 heteroatoms. The van der Waals surface area contributed by atoms with Gasteiger partial charge in [0.25, 0.3) is 0 Å². The number of nitrogens with zero attached hydrogens (tertiary/aromatic N) is 3. The van der Waals surface area contributed by atoms with Crippen molar-refractivity contribution in [1.82, 2.24) is 14.7 Å². The summed E-state index contributed by atoms with van der Waals surface area (Å²) in [5.74, 6) is 0.100. The van der Waals surface area contributed by atoms with Crippen molar-refractivity contribution in [2.75, 3.05) is 18.4 Å². The normalized spacial score (nSPS) is 11.5. The number of hydrogen-bond donors (Lipinski definition) is 1. The summed E-state index contributed by atoms with van der Waals surface area (Å²) < 4.78 is 1.74. The minimum Gasteiger partial charge on any atom is -0.330 e. The number of carbonyl (C=O) groups excluding carboxylic acids is 2. The molecule has 0 saturated heterocycles. The SMILES string of the molecule is CCN(CC(=O)Nc1cc(C(C)(C)C)nn1-c1ccc(C)cc1)C(=O)/C=C/c1ccccc1. The first-order valence-electron chi connectivity index (χ1n) is 11.2. The second-order valence-electron chi connectivity index (χ2n) is 9.06. The Bertz CT molecular complexity index is 1120. The Balaban J connectivity index is 1.76. The van der Waals surface area contributed by atoms with Crippen molar-refractivity contribution < 1.29 is 9.59 Å². The van der Waals surface area contributed by atoms with Crippen molar-refractivity contribution in [2.45, 2.75) is 40.0 Å². The monoisotopic (exact) mass is 444 g/mol. The van der Waals surface area contributed by atoms with Crippen molar-refractivity contribution >= 4 is 23.7 Å². The molecule has 3 rings (SSSR count). The lowest BCUT2D eigenvalue weighted by molar-refractivity contribution is -0.130. The fourth-order valence-electron chi connectivity index (χ4n) is 3.26. The van der Waals surface area contributed by atoms with Crippen molar-refractivity contribution in [2.24, 2.45) is 0 Å². The van der Waals surface area contributed by atoms with Gasteiger partial charge in [-0.3, -0.25) is 9.59 Å². The van der Waals surface area contributed by atoms with Gasteiger partial charge in [0.05, 0.1) is 11.4 Å². The summed E-state index contributed by atoms with van der Waals surface area (Å²) in [4.78, 5) is 27.0. The Kier molecular flexibility index (Phi) is 7.48. The number of likely N-dealkylation sites (N-methyl/N-ethyl adjacent to an activating group) is 1. The molecular formula is C27H32N4O2. The second-order valence-corrected chi connectivity index (χ2v) is 9.06. The first-order valence-corrected chi connectivity index (χ1v) is 11.2. The Morgan fingerprint density at radius 1 is 1.06 bits per heavy atom. The van der Waals surface area contributed by atoms with E-state index in [-0.39, 0.29) is 23.8 Å². The third-order valence-electron chi connectivity index (χ3n) is 5.27. The van der Waals surface area contributed by atoms with Crippen LogP contribution in [0, 0.1) is 6.92 Å². The Morgan fingerprint density at radius 3 is 2.33 bits per heavy atom. The first-order chi connectivity index (χ1) is 15.7. The van der Waals surface area contributed by atoms with Gasteiger partial charge in [-0.1, -0.05) is 68.8 Å². The third-order valence-corrected chi connectivity index (χ3v) is 5.27. The summed E-state index contributed by atoms with van der Waals surface area (Å²) in [6.45, 7) is 10.5. The lowest BCUT2D eigenvalue weighted by atomic mass is 9.92. The van der Waals surface area contributed by atoms with E-state index in [0.717, 1.165) is 22.5 Å². The molecule has 0 radical (unpaired) electrons. The molecule has 1 heterocycles. The van der Waals surface area contributed by atoms with Crippen LogP contribution in [0.3, 0.4) is 0 Å². The first kappa shape index (κ1) is 24.0. The molecule has 0 fully saturated rings. The van der Waals surface area contributed by atoms with Gasteiger partial charge in [0.2, 0.25) is 11.8 Å². The number of nitrogens with one attached hydrogen (secondary N) is 1. The number of benzene rings is 2. The molecule has 0 aliphatic rings. The number of anilines is 1. The molecule has 0 aliphatic carbocycles. The van der Waals surface area contributed by atoms with Gasteiger partial charge in [-0.05, 0) is 37.6 Å². The molecular weight excluding hydrogens is 412 g/mol. The molecule has 3 aromatic rings. The van der Waals surface area contributed by atoms with Crippen LogP contribution < -0.4 is 5.32 Å². The minimum atomic E-state index is -0.271. The fraction of sp³-hybridized carbons (Fsp3) is 0.296. The number of aryl methyl sites for hydroxylation is 1. The number of aromatic nitrogens is 2. The maximum absolute atomic E-state index is 12.9. The van der Waals surface area contributed by atoms with E-state index in [4.69, 9.17) is 5.10 Å². The second kappa shape index (κ2) is 10.3. The van der Waals surface area contributed by atoms with Gasteiger partial charge in [-0.2, -0.15) is 5.10 Å². The maximum atomic E-state index is 12.9. The van der Waals surface area contributed by atoms with E-state index in [1.54, 1.807) is 10.8 Å². The molecule has 0 spiro atoms. The molecule has 1 aromatic heterocycles. The zero-order valence-electron chi connectivity index (χ0n) is 20.0. The van der Waals surface area contributed by atoms with Gasteiger partial charge in [0.1, 0.15) is 12.4 Å². The van der Waals surface area contributed by atoms with Crippen LogP contribution >= 0.6 is 0 Å². The molecule has 1 N–H and O–H groups in total. The van der Waals surface area contributed by atoms with E-state index in [0.29, 0.717) is 12.4 Å². The maximum Gasteiger partial charge on any atom is 0.247 e. The van der Waals surface area contributed by atoms with Crippen molar-refractivity contribution in [1.29, 1.82) is 0 Å². The Hall–Kier alpha value is -3.67. The van der Waals surface area contributed by atoms with E-state index < -0.39 is 0 Å². The van der Waals surface area contributed by atoms with Crippen LogP contribution in [0.4, 0.5) is 5.82 Å². The predicted molar refractivity (Wildman–Crippen MR) is 133 cm³/mol. The van der Waals surface area contributed by atoms with E-state index in [1.807, 2.05) is 74.5 Å². The number of hydrogen-bond acceptors (Lipinski definition) is 3. The quantitative estimate of drug-likeness (QED) is 0.523. The summed E-state index contributed by atoms with van der Waals surface area (Å²) in [6, 6.07) is 19.5. The van der Waals surface area contributed by atoms with Crippen LogP contribution in [-0.2, 0) is 15.0 Å². The van der Waals surface area contributed by atoms with Crippen molar-refractivity contribution in [3.8, 4) is 5.69 Å². The third kappa shape index (κ3) is 6.42.